The SMILES string of the molecule is CN(C(=O)C1(NC(=O)OCC2c3ccccc3-c3ccccc32)CCOC1)C1(C(=O)O)CCOC1. The Kier molecular flexibility index (Phi) is 5.98. The summed E-state index contributed by atoms with van der Waals surface area (Å²) in [7, 11) is 1.44. The number of likely N-dealkylation sites (N-methyl/N-ethyl adjacent to an activating group) is 1. The zero-order valence-corrected chi connectivity index (χ0v) is 19.5. The van der Waals surface area contributed by atoms with Crippen molar-refractivity contribution in [2.24, 2.45) is 0 Å². The summed E-state index contributed by atoms with van der Waals surface area (Å²) in [6.07, 6.45) is -0.352. The molecule has 2 unspecified atom stereocenters. The van der Waals surface area contributed by atoms with Crippen molar-refractivity contribution in [2.45, 2.75) is 29.8 Å². The van der Waals surface area contributed by atoms with Crippen LogP contribution in [0.15, 0.2) is 48.5 Å². The van der Waals surface area contributed by atoms with E-state index in [-0.39, 0.29) is 51.8 Å². The summed E-state index contributed by atoms with van der Waals surface area (Å²) in [5, 5.41) is 12.6. The van der Waals surface area contributed by atoms with Crippen LogP contribution in [0.2, 0.25) is 0 Å². The van der Waals surface area contributed by atoms with Crippen LogP contribution < -0.4 is 5.32 Å². The van der Waals surface area contributed by atoms with Gasteiger partial charge in [0, 0.05) is 39.0 Å². The molecule has 0 aromatic heterocycles. The van der Waals surface area contributed by atoms with Gasteiger partial charge in [0.05, 0.1) is 13.2 Å². The molecule has 35 heavy (non-hydrogen) atoms. The smallest absolute Gasteiger partial charge is 0.408 e. The van der Waals surface area contributed by atoms with Gasteiger partial charge in [-0.05, 0) is 22.3 Å². The van der Waals surface area contributed by atoms with E-state index in [0.717, 1.165) is 22.3 Å². The number of alkyl carbamates (subject to hydrolysis) is 1. The molecule has 184 valence electrons. The van der Waals surface area contributed by atoms with Crippen LogP contribution in [0.5, 0.6) is 0 Å². The van der Waals surface area contributed by atoms with E-state index in [1.807, 2.05) is 36.4 Å². The van der Waals surface area contributed by atoms with Crippen molar-refractivity contribution in [3.05, 3.63) is 59.7 Å². The molecule has 5 rings (SSSR count). The molecule has 0 saturated carbocycles. The predicted molar refractivity (Wildman–Crippen MR) is 125 cm³/mol. The molecule has 1 aliphatic carbocycles. The number of hydrogen-bond donors (Lipinski definition) is 2. The fourth-order valence-corrected chi connectivity index (χ4v) is 5.36. The maximum absolute atomic E-state index is 13.5. The van der Waals surface area contributed by atoms with Crippen LogP contribution in [0.1, 0.15) is 29.9 Å². The van der Waals surface area contributed by atoms with Gasteiger partial charge in [-0.2, -0.15) is 0 Å². The highest BCUT2D eigenvalue weighted by Crippen LogP contribution is 2.44. The van der Waals surface area contributed by atoms with Crippen LogP contribution >= 0.6 is 0 Å². The molecule has 9 heteroatoms. The maximum atomic E-state index is 13.5. The topological polar surface area (TPSA) is 114 Å². The van der Waals surface area contributed by atoms with E-state index in [4.69, 9.17) is 14.2 Å². The highest BCUT2D eigenvalue weighted by atomic mass is 16.6. The van der Waals surface area contributed by atoms with Crippen LogP contribution in [-0.4, -0.2) is 79.1 Å². The van der Waals surface area contributed by atoms with E-state index in [0.29, 0.717) is 0 Å². The Morgan fingerprint density at radius 1 is 1.00 bits per heavy atom. The lowest BCUT2D eigenvalue weighted by Crippen LogP contribution is -2.66. The fraction of sp³-hybridized carbons (Fsp3) is 0.423. The predicted octanol–water partition coefficient (Wildman–Crippen LogP) is 2.39. The van der Waals surface area contributed by atoms with E-state index >= 15 is 0 Å². The number of carboxylic acids is 1. The average Bonchev–Trinajstić information content (AvgIpc) is 3.61. The van der Waals surface area contributed by atoms with Crippen molar-refractivity contribution < 1.29 is 33.7 Å². The Labute approximate surface area is 203 Å². The van der Waals surface area contributed by atoms with Gasteiger partial charge in [0.25, 0.3) is 5.91 Å². The Balaban J connectivity index is 1.31. The molecule has 2 aromatic rings. The third kappa shape index (κ3) is 3.84. The van der Waals surface area contributed by atoms with Crippen LogP contribution in [0.4, 0.5) is 4.79 Å². The normalized spacial score (nSPS) is 25.1. The lowest BCUT2D eigenvalue weighted by molar-refractivity contribution is -0.160. The quantitative estimate of drug-likeness (QED) is 0.653. The molecule has 2 fully saturated rings. The van der Waals surface area contributed by atoms with Crippen LogP contribution in [0.3, 0.4) is 0 Å². The van der Waals surface area contributed by atoms with Gasteiger partial charge in [-0.25, -0.2) is 9.59 Å². The number of rotatable bonds is 6. The summed E-state index contributed by atoms with van der Waals surface area (Å²) < 4.78 is 16.4. The summed E-state index contributed by atoms with van der Waals surface area (Å²) in [6, 6.07) is 16.1. The number of benzene rings is 2. The van der Waals surface area contributed by atoms with Gasteiger partial charge in [-0.15, -0.1) is 0 Å². The monoisotopic (exact) mass is 480 g/mol. The van der Waals surface area contributed by atoms with Crippen LogP contribution in [-0.2, 0) is 23.8 Å². The minimum atomic E-state index is -1.48. The second kappa shape index (κ2) is 8.98. The number of carboxylic acid groups (broad SMARTS) is 1. The van der Waals surface area contributed by atoms with Gasteiger partial charge in [0.1, 0.15) is 12.1 Å². The van der Waals surface area contributed by atoms with E-state index in [2.05, 4.69) is 17.4 Å². The first kappa shape index (κ1) is 23.3. The first-order valence-electron chi connectivity index (χ1n) is 11.7. The summed E-state index contributed by atoms with van der Waals surface area (Å²) >= 11 is 0. The van der Waals surface area contributed by atoms with Gasteiger partial charge in [-0.1, -0.05) is 48.5 Å². The highest BCUT2D eigenvalue weighted by Gasteiger charge is 2.54. The van der Waals surface area contributed by atoms with Crippen molar-refractivity contribution in [1.29, 1.82) is 0 Å². The number of hydrogen-bond acceptors (Lipinski definition) is 6. The average molecular weight is 481 g/mol. The van der Waals surface area contributed by atoms with E-state index in [1.165, 1.54) is 11.9 Å². The van der Waals surface area contributed by atoms with Gasteiger partial charge in [-0.3, -0.25) is 4.79 Å². The number of ether oxygens (including phenoxy) is 3. The molecule has 0 bridgehead atoms. The highest BCUT2D eigenvalue weighted by molar-refractivity contribution is 5.95. The molecule has 0 spiro atoms. The minimum absolute atomic E-state index is 0.0586. The number of nitrogens with one attached hydrogen (secondary N) is 1. The summed E-state index contributed by atoms with van der Waals surface area (Å²) in [5.41, 5.74) is 1.53. The Morgan fingerprint density at radius 3 is 2.14 bits per heavy atom. The standard InChI is InChI=1S/C26H28N2O7/c1-28(26(23(30)31)11-13-34-16-26)22(29)25(10-12-33-15-25)27-24(32)35-14-21-19-8-4-2-6-17(19)18-7-3-5-9-20(18)21/h2-9,21H,10-16H2,1H3,(H,27,32)(H,30,31). The Hall–Kier alpha value is -3.43. The number of fused-ring (bicyclic) bond motifs is 3. The second-order valence-corrected chi connectivity index (χ2v) is 9.34. The number of nitrogens with zero attached hydrogens (tertiary/aromatic N) is 1. The molecule has 2 heterocycles. The van der Waals surface area contributed by atoms with Crippen molar-refractivity contribution >= 4 is 18.0 Å². The lowest BCUT2D eigenvalue weighted by Gasteiger charge is -2.39. The third-order valence-corrected chi connectivity index (χ3v) is 7.46. The number of carbonyl (C=O) groups excluding carboxylic acids is 2. The first-order valence-corrected chi connectivity index (χ1v) is 11.7. The summed E-state index contributed by atoms with van der Waals surface area (Å²) in [4.78, 5) is 39.7. The minimum Gasteiger partial charge on any atom is -0.479 e. The van der Waals surface area contributed by atoms with Gasteiger partial charge >= 0.3 is 12.1 Å². The molecule has 2 aromatic carbocycles. The number of amides is 2. The van der Waals surface area contributed by atoms with E-state index < -0.39 is 29.0 Å². The second-order valence-electron chi connectivity index (χ2n) is 9.34. The molecule has 2 aliphatic heterocycles. The molecule has 2 saturated heterocycles. The van der Waals surface area contributed by atoms with Crippen LogP contribution in [0, 0.1) is 0 Å². The van der Waals surface area contributed by atoms with Crippen molar-refractivity contribution in [3.8, 4) is 11.1 Å². The maximum Gasteiger partial charge on any atom is 0.408 e. The molecular weight excluding hydrogens is 452 g/mol. The number of carbonyl (C=O) groups is 3. The molecular formula is C26H28N2O7. The molecule has 2 N–H and O–H groups in total. The Morgan fingerprint density at radius 2 is 1.60 bits per heavy atom. The molecule has 2 atom stereocenters. The largest absolute Gasteiger partial charge is 0.479 e. The van der Waals surface area contributed by atoms with Crippen molar-refractivity contribution in [2.75, 3.05) is 40.1 Å². The first-order chi connectivity index (χ1) is 16.9. The summed E-state index contributed by atoms with van der Waals surface area (Å²) in [6.45, 7) is 0.449. The van der Waals surface area contributed by atoms with E-state index in [9.17, 15) is 19.5 Å². The Bertz CT molecular complexity index is 1110. The lowest BCUT2D eigenvalue weighted by atomic mass is 9.91. The van der Waals surface area contributed by atoms with E-state index in [1.54, 1.807) is 0 Å². The van der Waals surface area contributed by atoms with Crippen molar-refractivity contribution in [1.82, 2.24) is 10.2 Å². The molecule has 9 nitrogen and oxygen atoms in total. The van der Waals surface area contributed by atoms with Crippen molar-refractivity contribution in [3.63, 3.8) is 0 Å². The van der Waals surface area contributed by atoms with Gasteiger partial charge in [0.15, 0.2) is 5.54 Å². The molecule has 0 radical (unpaired) electrons. The molecule has 2 amide bonds. The molecule has 3 aliphatic rings. The van der Waals surface area contributed by atoms with Gasteiger partial charge in [0.2, 0.25) is 0 Å². The number of aliphatic carboxylic acids is 1. The zero-order valence-electron chi connectivity index (χ0n) is 19.5. The van der Waals surface area contributed by atoms with Crippen LogP contribution in [0.25, 0.3) is 11.1 Å². The zero-order chi connectivity index (χ0) is 24.6. The van der Waals surface area contributed by atoms with Gasteiger partial charge < -0.3 is 29.5 Å². The summed E-state index contributed by atoms with van der Waals surface area (Å²) in [5.74, 6) is -1.79. The fourth-order valence-electron chi connectivity index (χ4n) is 5.36. The third-order valence-electron chi connectivity index (χ3n) is 7.46.